The smallest absolute Gasteiger partial charge is 0.181 e. The molecule has 4 N–H and O–H groups in total. The normalized spacial score (nSPS) is 29.3. The monoisotopic (exact) mass is 321 g/mol. The van der Waals surface area contributed by atoms with Gasteiger partial charge in [0.25, 0.3) is 0 Å². The molecule has 1 aromatic carbocycles. The summed E-state index contributed by atoms with van der Waals surface area (Å²) >= 11 is 1.37. The first-order valence-corrected chi connectivity index (χ1v) is 8.73. The molecule has 2 heterocycles. The number of thioether (sulfide) groups is 1. The summed E-state index contributed by atoms with van der Waals surface area (Å²) in [5.41, 5.74) is 12.2. The van der Waals surface area contributed by atoms with E-state index in [1.807, 2.05) is 12.1 Å². The van der Waals surface area contributed by atoms with Crippen molar-refractivity contribution < 1.29 is 4.21 Å². The minimum absolute atomic E-state index is 0.398. The number of fused-ring (bicyclic) bond motifs is 1. The molecule has 0 fully saturated rings. The van der Waals surface area contributed by atoms with E-state index in [1.54, 1.807) is 25.3 Å². The van der Waals surface area contributed by atoms with Crippen molar-refractivity contribution in [3.05, 3.63) is 29.8 Å². The third kappa shape index (κ3) is 2.48. The fourth-order valence-electron chi connectivity index (χ4n) is 2.30. The van der Waals surface area contributed by atoms with E-state index in [-0.39, 0.29) is 0 Å². The Labute approximate surface area is 129 Å². The molecule has 0 bridgehead atoms. The van der Waals surface area contributed by atoms with Crippen LogP contribution in [0, 0.1) is 0 Å². The highest BCUT2D eigenvalue weighted by atomic mass is 32.2. The lowest BCUT2D eigenvalue weighted by atomic mass is 9.95. The molecule has 2 aliphatic rings. The zero-order valence-corrected chi connectivity index (χ0v) is 13.2. The molecule has 0 saturated carbocycles. The predicted molar refractivity (Wildman–Crippen MR) is 88.2 cm³/mol. The highest BCUT2D eigenvalue weighted by molar-refractivity contribution is 8.16. The van der Waals surface area contributed by atoms with Gasteiger partial charge in [-0.05, 0) is 19.1 Å². The van der Waals surface area contributed by atoms with Gasteiger partial charge in [-0.25, -0.2) is 9.98 Å². The molecule has 3 rings (SSSR count). The molecule has 110 valence electrons. The minimum atomic E-state index is -1.09. The number of benzene rings is 1. The van der Waals surface area contributed by atoms with E-state index in [0.717, 1.165) is 15.5 Å². The number of rotatable bonds is 2. The molecule has 2 aliphatic heterocycles. The standard InChI is InChI=1S/C13H15N5OS2/c1-7-16-11-10(17-12(14)20-11)13(15,18-7)8-3-5-9(6-4-8)21(2)19/h3-6,12H,14-15H2,1-2H3. The van der Waals surface area contributed by atoms with Crippen molar-refractivity contribution in [1.82, 2.24) is 0 Å². The summed E-state index contributed by atoms with van der Waals surface area (Å²) in [5, 5.41) is 0.723. The molecular formula is C13H15N5OS2. The summed E-state index contributed by atoms with van der Waals surface area (Å²) in [6.07, 6.45) is 1.64. The Morgan fingerprint density at radius 3 is 2.62 bits per heavy atom. The molecular weight excluding hydrogens is 306 g/mol. The Balaban J connectivity index is 2.09. The van der Waals surface area contributed by atoms with Crippen molar-refractivity contribution in [3.63, 3.8) is 0 Å². The van der Waals surface area contributed by atoms with Gasteiger partial charge in [-0.15, -0.1) is 0 Å². The molecule has 6 nitrogen and oxygen atoms in total. The average Bonchev–Trinajstić information content (AvgIpc) is 2.80. The lowest BCUT2D eigenvalue weighted by Crippen LogP contribution is -2.47. The molecule has 21 heavy (non-hydrogen) atoms. The van der Waals surface area contributed by atoms with E-state index in [2.05, 4.69) is 15.0 Å². The molecule has 0 aromatic heterocycles. The van der Waals surface area contributed by atoms with E-state index in [1.165, 1.54) is 11.8 Å². The second-order valence-electron chi connectivity index (χ2n) is 4.81. The van der Waals surface area contributed by atoms with Gasteiger partial charge >= 0.3 is 0 Å². The van der Waals surface area contributed by atoms with Crippen LogP contribution in [0.25, 0.3) is 0 Å². The Kier molecular flexibility index (Phi) is 3.56. The van der Waals surface area contributed by atoms with E-state index < -0.39 is 22.0 Å². The predicted octanol–water partition coefficient (Wildman–Crippen LogP) is 0.796. The molecule has 0 saturated heterocycles. The fourth-order valence-corrected chi connectivity index (χ4v) is 3.71. The summed E-state index contributed by atoms with van der Waals surface area (Å²) < 4.78 is 11.5. The highest BCUT2D eigenvalue weighted by Crippen LogP contribution is 2.34. The van der Waals surface area contributed by atoms with Crippen LogP contribution < -0.4 is 11.5 Å². The van der Waals surface area contributed by atoms with E-state index in [9.17, 15) is 4.21 Å². The van der Waals surface area contributed by atoms with Gasteiger partial charge in [0.05, 0.1) is 0 Å². The Bertz CT molecular complexity index is 710. The van der Waals surface area contributed by atoms with Crippen LogP contribution in [-0.4, -0.2) is 32.6 Å². The van der Waals surface area contributed by atoms with Crippen molar-refractivity contribution in [2.75, 3.05) is 6.26 Å². The van der Waals surface area contributed by atoms with Crippen LogP contribution in [0.5, 0.6) is 0 Å². The molecule has 8 heteroatoms. The van der Waals surface area contributed by atoms with Crippen molar-refractivity contribution in [1.29, 1.82) is 0 Å². The van der Waals surface area contributed by atoms with Crippen molar-refractivity contribution in [3.8, 4) is 0 Å². The maximum Gasteiger partial charge on any atom is 0.181 e. The van der Waals surface area contributed by atoms with E-state index >= 15 is 0 Å². The topological polar surface area (TPSA) is 106 Å². The maximum atomic E-state index is 11.5. The van der Waals surface area contributed by atoms with Crippen LogP contribution in [0.15, 0.2) is 44.1 Å². The third-order valence-electron chi connectivity index (χ3n) is 3.28. The van der Waals surface area contributed by atoms with Gasteiger partial charge in [-0.2, -0.15) is 0 Å². The summed E-state index contributed by atoms with van der Waals surface area (Å²) in [6.45, 7) is 1.80. The number of nitrogens with zero attached hydrogens (tertiary/aromatic N) is 3. The van der Waals surface area contributed by atoms with Crippen molar-refractivity contribution in [2.24, 2.45) is 26.4 Å². The number of amidine groups is 1. The zero-order valence-electron chi connectivity index (χ0n) is 11.6. The zero-order chi connectivity index (χ0) is 15.2. The largest absolute Gasteiger partial charge is 0.301 e. The Hall–Kier alpha value is -1.35. The summed E-state index contributed by atoms with van der Waals surface area (Å²) in [5.74, 6) is 0.594. The van der Waals surface area contributed by atoms with Crippen LogP contribution in [0.4, 0.5) is 0 Å². The van der Waals surface area contributed by atoms with Crippen molar-refractivity contribution >= 4 is 39.2 Å². The molecule has 3 unspecified atom stereocenters. The third-order valence-corrected chi connectivity index (χ3v) is 5.07. The molecule has 0 radical (unpaired) electrons. The first-order chi connectivity index (χ1) is 9.90. The van der Waals surface area contributed by atoms with Gasteiger partial charge in [0, 0.05) is 27.5 Å². The molecule has 0 amide bonds. The molecule has 0 spiro atoms. The highest BCUT2D eigenvalue weighted by Gasteiger charge is 2.42. The van der Waals surface area contributed by atoms with Gasteiger partial charge in [0.15, 0.2) is 11.2 Å². The van der Waals surface area contributed by atoms with Gasteiger partial charge in [0.2, 0.25) is 0 Å². The van der Waals surface area contributed by atoms with Gasteiger partial charge < -0.3 is 5.73 Å². The second-order valence-corrected chi connectivity index (χ2v) is 7.29. The lowest BCUT2D eigenvalue weighted by molar-refractivity contribution is 0.638. The second kappa shape index (κ2) is 5.13. The number of hydrogen-bond donors (Lipinski definition) is 2. The van der Waals surface area contributed by atoms with Gasteiger partial charge in [0.1, 0.15) is 16.6 Å². The van der Waals surface area contributed by atoms with Gasteiger partial charge in [-0.1, -0.05) is 23.9 Å². The molecule has 1 aromatic rings. The van der Waals surface area contributed by atoms with Crippen LogP contribution in [0.2, 0.25) is 0 Å². The lowest BCUT2D eigenvalue weighted by Gasteiger charge is -2.29. The number of aliphatic imine (C=N–C) groups is 3. The number of nitrogens with two attached hydrogens (primary N) is 2. The Morgan fingerprint density at radius 2 is 2.00 bits per heavy atom. The van der Waals surface area contributed by atoms with Crippen LogP contribution in [0.3, 0.4) is 0 Å². The van der Waals surface area contributed by atoms with E-state index in [0.29, 0.717) is 11.5 Å². The Morgan fingerprint density at radius 1 is 1.33 bits per heavy atom. The van der Waals surface area contributed by atoms with Crippen LogP contribution in [-0.2, 0) is 16.5 Å². The number of hydrogen-bond acceptors (Lipinski definition) is 7. The summed E-state index contributed by atoms with van der Waals surface area (Å²) in [6, 6.07) is 7.23. The van der Waals surface area contributed by atoms with Gasteiger partial charge in [-0.3, -0.25) is 14.9 Å². The SMILES string of the molecule is CC1=NC(N)(c2ccc(S(C)=O)cc2)C2=NC(N)SC2=N1. The first kappa shape index (κ1) is 14.6. The molecule has 3 atom stereocenters. The first-order valence-electron chi connectivity index (χ1n) is 6.29. The molecule has 0 aliphatic carbocycles. The van der Waals surface area contributed by atoms with Crippen LogP contribution in [0.1, 0.15) is 12.5 Å². The van der Waals surface area contributed by atoms with Crippen LogP contribution >= 0.6 is 11.8 Å². The summed E-state index contributed by atoms with van der Waals surface area (Å²) in [4.78, 5) is 13.9. The quantitative estimate of drug-likeness (QED) is 0.840. The maximum absolute atomic E-state index is 11.5. The summed E-state index contributed by atoms with van der Waals surface area (Å²) in [7, 11) is -1.03. The average molecular weight is 321 g/mol. The fraction of sp³-hybridized carbons (Fsp3) is 0.308. The minimum Gasteiger partial charge on any atom is -0.301 e. The van der Waals surface area contributed by atoms with Crippen molar-refractivity contribution in [2.45, 2.75) is 23.0 Å². The van der Waals surface area contributed by atoms with E-state index in [4.69, 9.17) is 11.5 Å².